The molecule has 1 saturated heterocycles. The van der Waals surface area contributed by atoms with Crippen LogP contribution in [0.4, 0.5) is 5.13 Å². The number of rotatable bonds is 3. The maximum atomic E-state index is 4.67. The summed E-state index contributed by atoms with van der Waals surface area (Å²) in [5, 5.41) is 1.11. The highest BCUT2D eigenvalue weighted by atomic mass is 32.1. The fourth-order valence-electron chi connectivity index (χ4n) is 3.87. The van der Waals surface area contributed by atoms with Crippen LogP contribution in [0.2, 0.25) is 0 Å². The largest absolute Gasteiger partial charge is 0.346 e. The lowest BCUT2D eigenvalue weighted by molar-refractivity contribution is 0.211. The van der Waals surface area contributed by atoms with Crippen molar-refractivity contribution in [3.05, 3.63) is 41.2 Å². The number of nitrogens with zero attached hydrogens (tertiary/aromatic N) is 4. The summed E-state index contributed by atoms with van der Waals surface area (Å²) in [5.41, 5.74) is 3.11. The van der Waals surface area contributed by atoms with Gasteiger partial charge in [-0.3, -0.25) is 4.90 Å². The first-order chi connectivity index (χ1) is 11.3. The number of hydrogen-bond donors (Lipinski definition) is 0. The molecule has 2 aliphatic rings. The van der Waals surface area contributed by atoms with Crippen molar-refractivity contribution < 1.29 is 0 Å². The van der Waals surface area contributed by atoms with Crippen molar-refractivity contribution in [2.45, 2.75) is 38.6 Å². The van der Waals surface area contributed by atoms with Gasteiger partial charge in [0, 0.05) is 50.2 Å². The molecule has 1 fully saturated rings. The Hall–Kier alpha value is -1.46. The molecule has 0 bridgehead atoms. The lowest BCUT2D eigenvalue weighted by atomic mass is 10.1. The Morgan fingerprint density at radius 2 is 2.09 bits per heavy atom. The summed E-state index contributed by atoms with van der Waals surface area (Å²) in [7, 11) is 0. The van der Waals surface area contributed by atoms with E-state index in [0.29, 0.717) is 6.04 Å². The average Bonchev–Trinajstić information content (AvgIpc) is 3.17. The SMILES string of the molecule is CCc1nsc(N2CCCN([C@H]3CCc4ccccc43)CC2)n1. The van der Waals surface area contributed by atoms with Crippen LogP contribution in [-0.2, 0) is 12.8 Å². The number of hydrogen-bond acceptors (Lipinski definition) is 5. The van der Waals surface area contributed by atoms with Gasteiger partial charge in [0.25, 0.3) is 0 Å². The van der Waals surface area contributed by atoms with Crippen LogP contribution >= 0.6 is 11.5 Å². The molecule has 0 unspecified atom stereocenters. The molecule has 1 atom stereocenters. The summed E-state index contributed by atoms with van der Waals surface area (Å²) in [6.45, 7) is 6.60. The van der Waals surface area contributed by atoms with Gasteiger partial charge < -0.3 is 4.90 Å². The molecule has 0 spiro atoms. The molecule has 2 heterocycles. The van der Waals surface area contributed by atoms with Gasteiger partial charge in [0.1, 0.15) is 5.82 Å². The minimum atomic E-state index is 0.617. The van der Waals surface area contributed by atoms with Crippen LogP contribution in [0.15, 0.2) is 24.3 Å². The molecule has 2 aromatic rings. The van der Waals surface area contributed by atoms with Gasteiger partial charge in [-0.15, -0.1) is 0 Å². The maximum Gasteiger partial charge on any atom is 0.205 e. The molecule has 5 heteroatoms. The Balaban J connectivity index is 1.46. The van der Waals surface area contributed by atoms with E-state index in [1.54, 1.807) is 22.7 Å². The van der Waals surface area contributed by atoms with Gasteiger partial charge in [0.05, 0.1) is 0 Å². The summed E-state index contributed by atoms with van der Waals surface area (Å²) < 4.78 is 4.44. The molecule has 0 saturated carbocycles. The minimum Gasteiger partial charge on any atom is -0.346 e. The third-order valence-corrected chi connectivity index (χ3v) is 5.93. The van der Waals surface area contributed by atoms with Crippen molar-refractivity contribution in [1.29, 1.82) is 0 Å². The second-order valence-corrected chi connectivity index (χ2v) is 7.21. The molecule has 1 aliphatic heterocycles. The Bertz CT molecular complexity index is 669. The lowest BCUT2D eigenvalue weighted by Crippen LogP contribution is -2.32. The number of fused-ring (bicyclic) bond motifs is 1. The fraction of sp³-hybridized carbons (Fsp3) is 0.556. The Kier molecular flexibility index (Phi) is 4.31. The minimum absolute atomic E-state index is 0.617. The summed E-state index contributed by atoms with van der Waals surface area (Å²) in [6.07, 6.45) is 4.64. The summed E-state index contributed by atoms with van der Waals surface area (Å²) in [4.78, 5) is 9.78. The van der Waals surface area contributed by atoms with Crippen molar-refractivity contribution in [3.8, 4) is 0 Å². The van der Waals surface area contributed by atoms with Crippen molar-refractivity contribution in [2.24, 2.45) is 0 Å². The van der Waals surface area contributed by atoms with Gasteiger partial charge in [-0.1, -0.05) is 31.2 Å². The van der Waals surface area contributed by atoms with Gasteiger partial charge >= 0.3 is 0 Å². The number of benzene rings is 1. The van der Waals surface area contributed by atoms with Gasteiger partial charge in [-0.2, -0.15) is 4.37 Å². The molecule has 1 aromatic carbocycles. The standard InChI is InChI=1S/C18H24N4S/c1-2-17-19-18(23-20-17)22-11-5-10-21(12-13-22)16-9-8-14-6-3-4-7-15(14)16/h3-4,6-7,16H,2,5,8-13H2,1H3/t16-/m0/s1. The molecule has 4 rings (SSSR count). The van der Waals surface area contributed by atoms with Crippen LogP contribution in [0.3, 0.4) is 0 Å². The summed E-state index contributed by atoms with van der Waals surface area (Å²) >= 11 is 1.56. The zero-order valence-electron chi connectivity index (χ0n) is 13.7. The van der Waals surface area contributed by atoms with Crippen LogP contribution in [0, 0.1) is 0 Å². The van der Waals surface area contributed by atoms with E-state index in [2.05, 4.69) is 50.3 Å². The zero-order valence-corrected chi connectivity index (χ0v) is 14.6. The maximum absolute atomic E-state index is 4.67. The topological polar surface area (TPSA) is 32.3 Å². The quantitative estimate of drug-likeness (QED) is 0.865. The smallest absolute Gasteiger partial charge is 0.205 e. The van der Waals surface area contributed by atoms with E-state index in [1.807, 2.05) is 0 Å². The molecular weight excluding hydrogens is 304 g/mol. The van der Waals surface area contributed by atoms with E-state index in [4.69, 9.17) is 0 Å². The van der Waals surface area contributed by atoms with E-state index >= 15 is 0 Å². The Morgan fingerprint density at radius 1 is 1.17 bits per heavy atom. The van der Waals surface area contributed by atoms with E-state index in [1.165, 1.54) is 25.8 Å². The number of aromatic nitrogens is 2. The predicted molar refractivity (Wildman–Crippen MR) is 95.2 cm³/mol. The van der Waals surface area contributed by atoms with Crippen LogP contribution in [0.1, 0.15) is 42.8 Å². The van der Waals surface area contributed by atoms with Crippen LogP contribution in [0.5, 0.6) is 0 Å². The van der Waals surface area contributed by atoms with E-state index < -0.39 is 0 Å². The molecule has 1 aromatic heterocycles. The summed E-state index contributed by atoms with van der Waals surface area (Å²) in [5.74, 6) is 0.982. The molecule has 0 radical (unpaired) electrons. The zero-order chi connectivity index (χ0) is 15.6. The second-order valence-electron chi connectivity index (χ2n) is 6.48. The molecule has 0 N–H and O–H groups in total. The predicted octanol–water partition coefficient (Wildman–Crippen LogP) is 3.30. The van der Waals surface area contributed by atoms with Crippen molar-refractivity contribution >= 4 is 16.7 Å². The average molecular weight is 328 g/mol. The fourth-order valence-corrected chi connectivity index (χ4v) is 4.67. The molecular formula is C18H24N4S. The number of aryl methyl sites for hydroxylation is 2. The van der Waals surface area contributed by atoms with E-state index in [-0.39, 0.29) is 0 Å². The Morgan fingerprint density at radius 3 is 2.96 bits per heavy atom. The number of anilines is 1. The normalized spacial score (nSPS) is 22.1. The van der Waals surface area contributed by atoms with E-state index in [0.717, 1.165) is 37.0 Å². The van der Waals surface area contributed by atoms with Gasteiger partial charge in [0.15, 0.2) is 0 Å². The highest BCUT2D eigenvalue weighted by Crippen LogP contribution is 2.36. The molecule has 4 nitrogen and oxygen atoms in total. The van der Waals surface area contributed by atoms with Crippen LogP contribution in [-0.4, -0.2) is 40.4 Å². The monoisotopic (exact) mass is 328 g/mol. The Labute approximate surface area is 142 Å². The molecule has 23 heavy (non-hydrogen) atoms. The molecule has 122 valence electrons. The first kappa shape index (κ1) is 15.1. The second kappa shape index (κ2) is 6.57. The first-order valence-corrected chi connectivity index (χ1v) is 9.52. The lowest BCUT2D eigenvalue weighted by Gasteiger charge is -2.28. The van der Waals surface area contributed by atoms with Crippen molar-refractivity contribution in [2.75, 3.05) is 31.1 Å². The molecule has 0 amide bonds. The van der Waals surface area contributed by atoms with Crippen LogP contribution < -0.4 is 4.90 Å². The third kappa shape index (κ3) is 3.00. The third-order valence-electron chi connectivity index (χ3n) is 5.12. The highest BCUT2D eigenvalue weighted by molar-refractivity contribution is 7.09. The van der Waals surface area contributed by atoms with Crippen LogP contribution in [0.25, 0.3) is 0 Å². The first-order valence-electron chi connectivity index (χ1n) is 8.74. The van der Waals surface area contributed by atoms with Gasteiger partial charge in [0.2, 0.25) is 5.13 Å². The van der Waals surface area contributed by atoms with Crippen molar-refractivity contribution in [3.63, 3.8) is 0 Å². The molecule has 1 aliphatic carbocycles. The van der Waals surface area contributed by atoms with Crippen molar-refractivity contribution in [1.82, 2.24) is 14.3 Å². The van der Waals surface area contributed by atoms with Gasteiger partial charge in [-0.05, 0) is 30.4 Å². The van der Waals surface area contributed by atoms with Gasteiger partial charge in [-0.25, -0.2) is 4.98 Å². The summed E-state index contributed by atoms with van der Waals surface area (Å²) in [6, 6.07) is 9.61. The highest BCUT2D eigenvalue weighted by Gasteiger charge is 2.29. The van der Waals surface area contributed by atoms with E-state index in [9.17, 15) is 0 Å².